The number of ether oxygens (including phenoxy) is 3. The van der Waals surface area contributed by atoms with Crippen LogP contribution in [-0.2, 0) is 0 Å². The zero-order valence-electron chi connectivity index (χ0n) is 15.3. The Morgan fingerprint density at radius 3 is 2.36 bits per heavy atom. The summed E-state index contributed by atoms with van der Waals surface area (Å²) in [6, 6.07) is 16.2. The van der Waals surface area contributed by atoms with Crippen molar-refractivity contribution < 1.29 is 19.0 Å². The minimum absolute atomic E-state index is 0.00717. The highest BCUT2D eigenvalue weighted by molar-refractivity contribution is 7.12. The first-order chi connectivity index (χ1) is 13.7. The van der Waals surface area contributed by atoms with E-state index < -0.39 is 0 Å². The Kier molecular flexibility index (Phi) is 4.95. The molecule has 2 aromatic heterocycles. The van der Waals surface area contributed by atoms with Crippen molar-refractivity contribution in [3.8, 4) is 23.0 Å². The molecule has 0 spiro atoms. The first-order valence-electron chi connectivity index (χ1n) is 8.56. The van der Waals surface area contributed by atoms with Gasteiger partial charge in [0.2, 0.25) is 5.78 Å². The van der Waals surface area contributed by atoms with Crippen LogP contribution in [0.3, 0.4) is 0 Å². The highest BCUT2D eigenvalue weighted by atomic mass is 32.1. The summed E-state index contributed by atoms with van der Waals surface area (Å²) in [5.41, 5.74) is 1.36. The standard InChI is InChI=1S/C22H17NO4S/c1-25-19-12-16-17(13-20(19)26-2)23-10-9-18(16)27-15-7-5-14(6-8-15)22(24)21-4-3-11-28-21/h3-13H,1-2H3. The lowest BCUT2D eigenvalue weighted by molar-refractivity contribution is 0.104. The maximum Gasteiger partial charge on any atom is 0.202 e. The number of rotatable bonds is 6. The predicted molar refractivity (Wildman–Crippen MR) is 109 cm³/mol. The van der Waals surface area contributed by atoms with Gasteiger partial charge in [0, 0.05) is 23.2 Å². The smallest absolute Gasteiger partial charge is 0.202 e. The Morgan fingerprint density at radius 2 is 1.68 bits per heavy atom. The van der Waals surface area contributed by atoms with Crippen LogP contribution in [-0.4, -0.2) is 25.0 Å². The molecule has 0 saturated carbocycles. The third-order valence-electron chi connectivity index (χ3n) is 4.30. The normalized spacial score (nSPS) is 10.6. The topological polar surface area (TPSA) is 57.7 Å². The Hall–Kier alpha value is -3.38. The van der Waals surface area contributed by atoms with Crippen molar-refractivity contribution in [1.82, 2.24) is 4.98 Å². The van der Waals surface area contributed by atoms with Gasteiger partial charge in [-0.1, -0.05) is 6.07 Å². The molecule has 0 aliphatic rings. The van der Waals surface area contributed by atoms with E-state index in [-0.39, 0.29) is 5.78 Å². The maximum absolute atomic E-state index is 12.4. The number of carbonyl (C=O) groups is 1. The molecule has 0 aliphatic carbocycles. The predicted octanol–water partition coefficient (Wildman–Crippen LogP) is 5.34. The van der Waals surface area contributed by atoms with E-state index in [0.29, 0.717) is 28.6 Å². The average molecular weight is 391 g/mol. The van der Waals surface area contributed by atoms with Gasteiger partial charge >= 0.3 is 0 Å². The van der Waals surface area contributed by atoms with Gasteiger partial charge in [-0.3, -0.25) is 9.78 Å². The lowest BCUT2D eigenvalue weighted by Gasteiger charge is -2.12. The van der Waals surface area contributed by atoms with Crippen LogP contribution in [0.1, 0.15) is 15.2 Å². The summed E-state index contributed by atoms with van der Waals surface area (Å²) in [5.74, 6) is 2.49. The molecule has 2 aromatic carbocycles. The van der Waals surface area contributed by atoms with Crippen LogP contribution in [0.4, 0.5) is 0 Å². The van der Waals surface area contributed by atoms with Gasteiger partial charge in [0.15, 0.2) is 11.5 Å². The number of pyridine rings is 1. The van der Waals surface area contributed by atoms with Gasteiger partial charge in [0.1, 0.15) is 11.5 Å². The summed E-state index contributed by atoms with van der Waals surface area (Å²) in [6.07, 6.45) is 1.68. The molecule has 4 rings (SSSR count). The molecular formula is C22H17NO4S. The fraction of sp³-hybridized carbons (Fsp3) is 0.0909. The summed E-state index contributed by atoms with van der Waals surface area (Å²) in [5, 5.41) is 2.70. The first kappa shape index (κ1) is 18.0. The SMILES string of the molecule is COc1cc2nccc(Oc3ccc(C(=O)c4cccs4)cc3)c2cc1OC. The number of thiophene rings is 1. The number of ketones is 1. The van der Waals surface area contributed by atoms with Gasteiger partial charge in [-0.2, -0.15) is 0 Å². The van der Waals surface area contributed by atoms with Crippen LogP contribution in [0.5, 0.6) is 23.0 Å². The summed E-state index contributed by atoms with van der Waals surface area (Å²) in [4.78, 5) is 17.5. The van der Waals surface area contributed by atoms with E-state index in [2.05, 4.69) is 4.98 Å². The Balaban J connectivity index is 1.64. The minimum atomic E-state index is 0.00717. The summed E-state index contributed by atoms with van der Waals surface area (Å²) < 4.78 is 16.8. The van der Waals surface area contributed by atoms with Crippen LogP contribution in [0.15, 0.2) is 66.2 Å². The molecule has 0 amide bonds. The van der Waals surface area contributed by atoms with Crippen molar-refractivity contribution >= 4 is 28.0 Å². The molecule has 0 atom stereocenters. The molecule has 0 N–H and O–H groups in total. The molecule has 0 aliphatic heterocycles. The number of carbonyl (C=O) groups excluding carboxylic acids is 1. The number of hydrogen-bond acceptors (Lipinski definition) is 6. The largest absolute Gasteiger partial charge is 0.493 e. The highest BCUT2D eigenvalue weighted by Crippen LogP contribution is 2.36. The second-order valence-electron chi connectivity index (χ2n) is 5.97. The summed E-state index contributed by atoms with van der Waals surface area (Å²) in [6.45, 7) is 0. The molecule has 6 heteroatoms. The molecule has 0 unspecified atom stereocenters. The molecule has 28 heavy (non-hydrogen) atoms. The van der Waals surface area contributed by atoms with Gasteiger partial charge in [-0.05, 0) is 47.8 Å². The van der Waals surface area contributed by atoms with E-state index in [9.17, 15) is 4.79 Å². The van der Waals surface area contributed by atoms with Crippen molar-refractivity contribution in [2.45, 2.75) is 0 Å². The Labute approximate surface area is 166 Å². The monoisotopic (exact) mass is 391 g/mol. The van der Waals surface area contributed by atoms with Gasteiger partial charge in [0.25, 0.3) is 0 Å². The van der Waals surface area contributed by atoms with E-state index in [1.807, 2.05) is 29.6 Å². The highest BCUT2D eigenvalue weighted by Gasteiger charge is 2.13. The van der Waals surface area contributed by atoms with Gasteiger partial charge in [-0.25, -0.2) is 0 Å². The fourth-order valence-electron chi connectivity index (χ4n) is 2.89. The van der Waals surface area contributed by atoms with E-state index in [1.165, 1.54) is 11.3 Å². The second-order valence-corrected chi connectivity index (χ2v) is 6.91. The molecule has 4 aromatic rings. The lowest BCUT2D eigenvalue weighted by Crippen LogP contribution is -1.98. The average Bonchev–Trinajstić information content (AvgIpc) is 3.28. The fourth-order valence-corrected chi connectivity index (χ4v) is 3.57. The number of aromatic nitrogens is 1. The first-order valence-corrected chi connectivity index (χ1v) is 9.44. The molecule has 2 heterocycles. The molecule has 0 saturated heterocycles. The summed E-state index contributed by atoms with van der Waals surface area (Å²) >= 11 is 1.43. The van der Waals surface area contributed by atoms with Crippen molar-refractivity contribution in [2.75, 3.05) is 14.2 Å². The van der Waals surface area contributed by atoms with E-state index in [0.717, 1.165) is 15.8 Å². The van der Waals surface area contributed by atoms with Crippen LogP contribution in [0.2, 0.25) is 0 Å². The summed E-state index contributed by atoms with van der Waals surface area (Å²) in [7, 11) is 3.17. The number of fused-ring (bicyclic) bond motifs is 1. The van der Waals surface area contributed by atoms with Crippen LogP contribution >= 0.6 is 11.3 Å². The van der Waals surface area contributed by atoms with Gasteiger partial charge in [-0.15, -0.1) is 11.3 Å². The van der Waals surface area contributed by atoms with Gasteiger partial charge in [0.05, 0.1) is 24.6 Å². The molecular weight excluding hydrogens is 374 g/mol. The Morgan fingerprint density at radius 1 is 0.929 bits per heavy atom. The van der Waals surface area contributed by atoms with Gasteiger partial charge < -0.3 is 14.2 Å². The number of methoxy groups -OCH3 is 2. The van der Waals surface area contributed by atoms with Crippen molar-refractivity contribution in [1.29, 1.82) is 0 Å². The van der Waals surface area contributed by atoms with Crippen LogP contribution in [0.25, 0.3) is 10.9 Å². The number of nitrogens with zero attached hydrogens (tertiary/aromatic N) is 1. The quantitative estimate of drug-likeness (QED) is 0.416. The third kappa shape index (κ3) is 3.42. The molecule has 0 radical (unpaired) electrons. The van der Waals surface area contributed by atoms with E-state index >= 15 is 0 Å². The van der Waals surface area contributed by atoms with Crippen molar-refractivity contribution in [2.24, 2.45) is 0 Å². The molecule has 140 valence electrons. The molecule has 0 bridgehead atoms. The van der Waals surface area contributed by atoms with Crippen molar-refractivity contribution in [3.63, 3.8) is 0 Å². The second kappa shape index (κ2) is 7.70. The Bertz CT molecular complexity index is 1120. The van der Waals surface area contributed by atoms with Crippen molar-refractivity contribution in [3.05, 3.63) is 76.6 Å². The van der Waals surface area contributed by atoms with E-state index in [4.69, 9.17) is 14.2 Å². The third-order valence-corrected chi connectivity index (χ3v) is 5.16. The van der Waals surface area contributed by atoms with Crippen LogP contribution in [0, 0.1) is 0 Å². The number of hydrogen-bond donors (Lipinski definition) is 0. The minimum Gasteiger partial charge on any atom is -0.493 e. The maximum atomic E-state index is 12.4. The zero-order chi connectivity index (χ0) is 19.5. The van der Waals surface area contributed by atoms with E-state index in [1.54, 1.807) is 50.7 Å². The zero-order valence-corrected chi connectivity index (χ0v) is 16.2. The lowest BCUT2D eigenvalue weighted by atomic mass is 10.1. The number of benzene rings is 2. The molecule has 5 nitrogen and oxygen atoms in total. The molecule has 0 fully saturated rings. The van der Waals surface area contributed by atoms with Crippen LogP contribution < -0.4 is 14.2 Å².